The molecule has 6 heteroatoms. The lowest BCUT2D eigenvalue weighted by Crippen LogP contribution is -2.05. The van der Waals surface area contributed by atoms with Crippen LogP contribution in [-0.4, -0.2) is 31.8 Å². The van der Waals surface area contributed by atoms with Crippen molar-refractivity contribution in [2.45, 2.75) is 19.8 Å². The summed E-state index contributed by atoms with van der Waals surface area (Å²) in [5.74, 6) is 1.45. The van der Waals surface area contributed by atoms with Crippen molar-refractivity contribution in [3.63, 3.8) is 0 Å². The van der Waals surface area contributed by atoms with Crippen LogP contribution in [0, 0.1) is 11.3 Å². The Labute approximate surface area is 83.2 Å². The molecule has 0 amide bonds. The van der Waals surface area contributed by atoms with Gasteiger partial charge < -0.3 is 9.29 Å². The summed E-state index contributed by atoms with van der Waals surface area (Å²) in [5.41, 5.74) is 0.422. The van der Waals surface area contributed by atoms with Crippen LogP contribution in [0.4, 0.5) is 0 Å². The van der Waals surface area contributed by atoms with Crippen LogP contribution in [0.15, 0.2) is 0 Å². The van der Waals surface area contributed by atoms with Gasteiger partial charge in [0, 0.05) is 13.2 Å². The van der Waals surface area contributed by atoms with Gasteiger partial charge in [-0.25, -0.2) is 8.42 Å². The zero-order valence-electron chi connectivity index (χ0n) is 8.07. The number of hydrogen-bond acceptors (Lipinski definition) is 5. The number of carbonyl (C=O) groups excluding carboxylic acids is 1. The Bertz CT molecular complexity index is 318. The summed E-state index contributed by atoms with van der Waals surface area (Å²) in [4.78, 5) is 10.3. The van der Waals surface area contributed by atoms with E-state index in [0.717, 1.165) is 0 Å². The zero-order valence-corrected chi connectivity index (χ0v) is 8.89. The summed E-state index contributed by atoms with van der Waals surface area (Å²) < 4.78 is 32.1. The van der Waals surface area contributed by atoms with E-state index in [1.165, 1.54) is 19.8 Å². The second kappa shape index (κ2) is 3.43. The summed E-state index contributed by atoms with van der Waals surface area (Å²) in [5, 5.41) is 0. The van der Waals surface area contributed by atoms with Gasteiger partial charge >= 0.3 is 5.97 Å². The number of fused-ring (bicyclic) bond motifs is 1. The molecule has 0 unspecified atom stereocenters. The van der Waals surface area contributed by atoms with Gasteiger partial charge in [-0.1, -0.05) is 0 Å². The van der Waals surface area contributed by atoms with Crippen molar-refractivity contribution >= 4 is 16.1 Å². The Morgan fingerprint density at radius 1 is 1.57 bits per heavy atom. The fourth-order valence-electron chi connectivity index (χ4n) is 1.12. The normalized spacial score (nSPS) is 20.1. The van der Waals surface area contributed by atoms with Crippen LogP contribution >= 0.6 is 0 Å². The first kappa shape index (κ1) is 11.3. The Morgan fingerprint density at radius 2 is 1.93 bits per heavy atom. The molecule has 0 atom stereocenters. The number of esters is 1. The molecule has 0 aliphatic heterocycles. The highest BCUT2D eigenvalue weighted by Crippen LogP contribution is 2.77. The Balaban J connectivity index is 0.000000171. The monoisotopic (exact) mass is 220 g/mol. The second-order valence-electron chi connectivity index (χ2n) is 3.72. The van der Waals surface area contributed by atoms with Crippen LogP contribution in [0.1, 0.15) is 19.8 Å². The third-order valence-electron chi connectivity index (χ3n) is 2.16. The number of rotatable bonds is 2. The van der Waals surface area contributed by atoms with Gasteiger partial charge in [-0.2, -0.15) is 0 Å². The maximum atomic E-state index is 10.3. The Morgan fingerprint density at radius 3 is 2.14 bits per heavy atom. The van der Waals surface area contributed by atoms with Crippen molar-refractivity contribution in [2.24, 2.45) is 5.41 Å². The van der Waals surface area contributed by atoms with Crippen LogP contribution in [0.2, 0.25) is 0 Å². The van der Waals surface area contributed by atoms with Crippen molar-refractivity contribution in [3.8, 4) is 0 Å². The van der Waals surface area contributed by atoms with E-state index >= 15 is 0 Å². The molecule has 2 fully saturated rings. The standard InChI is InChI=1S/C7H9O2.CH4O3S/c1-5(8)9-4-7-2-6(7)3-7;1-5(2,3)4/h2-4H2,1H3;1H3,(H,2,3,4)/q+1;/p-1. The molecular weight excluding hydrogens is 208 g/mol. The number of hydrogen-bond donors (Lipinski definition) is 0. The summed E-state index contributed by atoms with van der Waals surface area (Å²) in [6, 6.07) is 0. The minimum absolute atomic E-state index is 0.150. The molecule has 5 nitrogen and oxygen atoms in total. The summed E-state index contributed by atoms with van der Waals surface area (Å²) in [6.45, 7) is 2.11. The minimum atomic E-state index is -3.92. The lowest BCUT2D eigenvalue weighted by molar-refractivity contribution is -0.142. The second-order valence-corrected chi connectivity index (χ2v) is 5.13. The average Bonchev–Trinajstić information content (AvgIpc) is 2.63. The molecule has 2 saturated carbocycles. The van der Waals surface area contributed by atoms with Crippen molar-refractivity contribution in [1.29, 1.82) is 0 Å². The first-order chi connectivity index (χ1) is 6.23. The molecule has 0 N–H and O–H groups in total. The highest BCUT2D eigenvalue weighted by molar-refractivity contribution is 7.84. The van der Waals surface area contributed by atoms with Crippen molar-refractivity contribution < 1.29 is 22.5 Å². The molecule has 0 saturated heterocycles. The molecule has 14 heavy (non-hydrogen) atoms. The molecule has 0 aromatic carbocycles. The molecule has 2 aliphatic carbocycles. The molecular formula is C8H12O5S. The smallest absolute Gasteiger partial charge is 0.302 e. The number of carbonyl (C=O) groups is 1. The van der Waals surface area contributed by atoms with E-state index in [2.05, 4.69) is 0 Å². The Hall–Kier alpha value is -0.750. The van der Waals surface area contributed by atoms with E-state index in [1.807, 2.05) is 0 Å². The van der Waals surface area contributed by atoms with Crippen LogP contribution in [0.3, 0.4) is 0 Å². The quantitative estimate of drug-likeness (QED) is 0.374. The molecule has 2 aliphatic rings. The van der Waals surface area contributed by atoms with Gasteiger partial charge in [0.05, 0.1) is 10.1 Å². The van der Waals surface area contributed by atoms with Crippen molar-refractivity contribution in [1.82, 2.24) is 0 Å². The highest BCUT2D eigenvalue weighted by Gasteiger charge is 2.87. The lowest BCUT2D eigenvalue weighted by Gasteiger charge is -1.94. The van der Waals surface area contributed by atoms with Crippen LogP contribution in [0.25, 0.3) is 0 Å². The number of ether oxygens (including phenoxy) is 1. The average molecular weight is 220 g/mol. The molecule has 0 heterocycles. The summed E-state index contributed by atoms with van der Waals surface area (Å²) in [6.07, 6.45) is 3.05. The predicted molar refractivity (Wildman–Crippen MR) is 47.2 cm³/mol. The first-order valence-corrected chi connectivity index (χ1v) is 5.94. The molecule has 2 rings (SSSR count). The minimum Gasteiger partial charge on any atom is -0.748 e. The molecule has 0 aromatic heterocycles. The maximum Gasteiger partial charge on any atom is 0.302 e. The van der Waals surface area contributed by atoms with Crippen LogP contribution in [-0.2, 0) is 19.6 Å². The van der Waals surface area contributed by atoms with Crippen molar-refractivity contribution in [2.75, 3.05) is 12.9 Å². The van der Waals surface area contributed by atoms with Gasteiger partial charge in [0.2, 0.25) is 5.41 Å². The van der Waals surface area contributed by atoms with E-state index in [0.29, 0.717) is 18.3 Å². The molecule has 0 bridgehead atoms. The zero-order chi connectivity index (χ0) is 11.0. The van der Waals surface area contributed by atoms with Gasteiger partial charge in [-0.15, -0.1) is 0 Å². The van der Waals surface area contributed by atoms with Gasteiger partial charge in [0.15, 0.2) is 0 Å². The van der Waals surface area contributed by atoms with E-state index in [1.54, 1.807) is 5.92 Å². The van der Waals surface area contributed by atoms with Gasteiger partial charge in [0.25, 0.3) is 0 Å². The third kappa shape index (κ3) is 3.97. The maximum absolute atomic E-state index is 10.3. The topological polar surface area (TPSA) is 83.5 Å². The largest absolute Gasteiger partial charge is 0.748 e. The molecule has 80 valence electrons. The summed E-state index contributed by atoms with van der Waals surface area (Å²) in [7, 11) is -3.92. The summed E-state index contributed by atoms with van der Waals surface area (Å²) >= 11 is 0. The van der Waals surface area contributed by atoms with Crippen molar-refractivity contribution in [3.05, 3.63) is 5.92 Å². The molecule has 0 spiro atoms. The van der Waals surface area contributed by atoms with Gasteiger partial charge in [-0.3, -0.25) is 4.79 Å². The van der Waals surface area contributed by atoms with E-state index < -0.39 is 10.1 Å². The van der Waals surface area contributed by atoms with Crippen LogP contribution in [0.5, 0.6) is 0 Å². The van der Waals surface area contributed by atoms with Crippen LogP contribution < -0.4 is 0 Å². The van der Waals surface area contributed by atoms with E-state index in [-0.39, 0.29) is 5.97 Å². The van der Waals surface area contributed by atoms with Gasteiger partial charge in [-0.05, 0) is 0 Å². The fourth-order valence-corrected chi connectivity index (χ4v) is 1.12. The SMILES string of the molecule is CC(=O)OCC12C[C+]1C2.CS(=O)(=O)[O-]. The highest BCUT2D eigenvalue weighted by atomic mass is 32.2. The molecule has 0 radical (unpaired) electrons. The Kier molecular flexibility index (Phi) is 2.78. The fraction of sp³-hybridized carbons (Fsp3) is 0.750. The molecule has 0 aromatic rings. The lowest BCUT2D eigenvalue weighted by atomic mass is 10.2. The first-order valence-electron chi connectivity index (χ1n) is 4.12. The third-order valence-corrected chi connectivity index (χ3v) is 2.16. The predicted octanol–water partition coefficient (Wildman–Crippen LogP) is 0.0792. The van der Waals surface area contributed by atoms with E-state index in [9.17, 15) is 4.79 Å². The van der Waals surface area contributed by atoms with E-state index in [4.69, 9.17) is 17.7 Å². The van der Waals surface area contributed by atoms with Gasteiger partial charge in [0.1, 0.15) is 25.4 Å².